The Bertz CT molecular complexity index is 432. The van der Waals surface area contributed by atoms with Gasteiger partial charge in [-0.3, -0.25) is 0 Å². The molecule has 2 unspecified atom stereocenters. The summed E-state index contributed by atoms with van der Waals surface area (Å²) in [7, 11) is 4.39. The minimum Gasteiger partial charge on any atom is -0.351 e. The van der Waals surface area contributed by atoms with Gasteiger partial charge in [0, 0.05) is 31.1 Å². The molecule has 2 atom stereocenters. The van der Waals surface area contributed by atoms with Gasteiger partial charge >= 0.3 is 0 Å². The molecule has 0 bridgehead atoms. The zero-order chi connectivity index (χ0) is 14.7. The van der Waals surface area contributed by atoms with E-state index in [2.05, 4.69) is 50.0 Å². The number of aryl methyl sites for hydroxylation is 1. The van der Waals surface area contributed by atoms with Crippen molar-refractivity contribution in [3.63, 3.8) is 0 Å². The summed E-state index contributed by atoms with van der Waals surface area (Å²) in [5.74, 6) is 0.781. The highest BCUT2D eigenvalue weighted by molar-refractivity contribution is 7.15. The predicted molar refractivity (Wildman–Crippen MR) is 87.8 cm³/mol. The molecule has 0 aliphatic carbocycles. The Hall–Kier alpha value is -0.650. The van der Waals surface area contributed by atoms with Crippen LogP contribution in [-0.2, 0) is 0 Å². The Kier molecular flexibility index (Phi) is 5.41. The molecular formula is C15H28N4S. The number of nitrogens with one attached hydrogen (secondary N) is 1. The first-order valence-corrected chi connectivity index (χ1v) is 8.43. The van der Waals surface area contributed by atoms with E-state index in [9.17, 15) is 0 Å². The predicted octanol–water partition coefficient (Wildman–Crippen LogP) is 2.51. The minimum absolute atomic E-state index is 0.400. The van der Waals surface area contributed by atoms with E-state index in [-0.39, 0.29) is 0 Å². The van der Waals surface area contributed by atoms with Gasteiger partial charge in [-0.15, -0.1) is 11.3 Å². The van der Waals surface area contributed by atoms with E-state index in [1.807, 2.05) is 11.3 Å². The van der Waals surface area contributed by atoms with Crippen LogP contribution >= 0.6 is 11.3 Å². The molecule has 5 heteroatoms. The molecule has 1 fully saturated rings. The Balaban J connectivity index is 1.99. The summed E-state index contributed by atoms with van der Waals surface area (Å²) in [5.41, 5.74) is 1.17. The van der Waals surface area contributed by atoms with E-state index in [0.717, 1.165) is 24.1 Å². The normalized spacial score (nSPS) is 21.4. The largest absolute Gasteiger partial charge is 0.351 e. The molecule has 2 rings (SSSR count). The summed E-state index contributed by atoms with van der Waals surface area (Å²) in [6, 6.07) is 0.400. The highest BCUT2D eigenvalue weighted by Crippen LogP contribution is 2.31. The first-order chi connectivity index (χ1) is 9.51. The van der Waals surface area contributed by atoms with Crippen LogP contribution in [0, 0.1) is 12.8 Å². The highest BCUT2D eigenvalue weighted by Gasteiger charge is 2.22. The van der Waals surface area contributed by atoms with Gasteiger partial charge in [-0.05, 0) is 46.3 Å². The van der Waals surface area contributed by atoms with Crippen molar-refractivity contribution in [2.24, 2.45) is 5.92 Å². The SMILES string of the molecule is CCNC(C)c1sc(N(C)CC2CCN(C)C2)nc1C. The summed E-state index contributed by atoms with van der Waals surface area (Å²) < 4.78 is 0. The molecule has 114 valence electrons. The third-order valence-corrected chi connectivity index (χ3v) is 5.53. The average molecular weight is 296 g/mol. The van der Waals surface area contributed by atoms with Crippen molar-refractivity contribution in [1.82, 2.24) is 15.2 Å². The van der Waals surface area contributed by atoms with Crippen LogP contribution in [0.3, 0.4) is 0 Å². The quantitative estimate of drug-likeness (QED) is 0.874. The maximum atomic E-state index is 4.77. The van der Waals surface area contributed by atoms with Crippen LogP contribution in [0.2, 0.25) is 0 Å². The Morgan fingerprint density at radius 1 is 1.55 bits per heavy atom. The van der Waals surface area contributed by atoms with Gasteiger partial charge in [0.25, 0.3) is 0 Å². The molecule has 20 heavy (non-hydrogen) atoms. The summed E-state index contributed by atoms with van der Waals surface area (Å²) in [5, 5.41) is 4.64. The van der Waals surface area contributed by atoms with E-state index in [4.69, 9.17) is 4.98 Å². The fourth-order valence-corrected chi connectivity index (χ4v) is 4.06. The van der Waals surface area contributed by atoms with E-state index in [1.165, 1.54) is 30.1 Å². The molecule has 0 radical (unpaired) electrons. The maximum Gasteiger partial charge on any atom is 0.185 e. The van der Waals surface area contributed by atoms with E-state index in [1.54, 1.807) is 0 Å². The lowest BCUT2D eigenvalue weighted by atomic mass is 10.1. The standard InChI is InChI=1S/C15H28N4S/c1-6-16-11(2)14-12(3)17-15(20-14)19(5)10-13-7-8-18(4)9-13/h11,13,16H,6-10H2,1-5H3. The van der Waals surface area contributed by atoms with Gasteiger partial charge < -0.3 is 15.1 Å². The van der Waals surface area contributed by atoms with Gasteiger partial charge in [-0.2, -0.15) is 0 Å². The fourth-order valence-electron chi connectivity index (χ4n) is 3.00. The summed E-state index contributed by atoms with van der Waals surface area (Å²) in [6.07, 6.45) is 1.31. The second-order valence-electron chi connectivity index (χ2n) is 6.02. The Labute approximate surface area is 127 Å². The molecule has 1 aromatic rings. The number of rotatable bonds is 6. The van der Waals surface area contributed by atoms with Gasteiger partial charge in [0.1, 0.15) is 0 Å². The topological polar surface area (TPSA) is 31.4 Å². The Morgan fingerprint density at radius 2 is 2.30 bits per heavy atom. The van der Waals surface area contributed by atoms with Gasteiger partial charge in [0.05, 0.1) is 5.69 Å². The number of anilines is 1. The van der Waals surface area contributed by atoms with Gasteiger partial charge in [-0.25, -0.2) is 4.98 Å². The van der Waals surface area contributed by atoms with Crippen molar-refractivity contribution in [3.8, 4) is 0 Å². The summed E-state index contributed by atoms with van der Waals surface area (Å²) >= 11 is 1.84. The van der Waals surface area contributed by atoms with E-state index >= 15 is 0 Å². The Morgan fingerprint density at radius 3 is 2.90 bits per heavy atom. The number of hydrogen-bond acceptors (Lipinski definition) is 5. The molecule has 0 saturated carbocycles. The second kappa shape index (κ2) is 6.87. The molecule has 2 heterocycles. The van der Waals surface area contributed by atoms with Crippen LogP contribution in [0.1, 0.15) is 36.9 Å². The molecule has 0 aromatic carbocycles. The van der Waals surface area contributed by atoms with Crippen LogP contribution in [0.5, 0.6) is 0 Å². The molecule has 1 N–H and O–H groups in total. The fraction of sp³-hybridized carbons (Fsp3) is 0.800. The highest BCUT2D eigenvalue weighted by atomic mass is 32.1. The lowest BCUT2D eigenvalue weighted by Crippen LogP contribution is -2.27. The third-order valence-electron chi connectivity index (χ3n) is 4.07. The molecule has 1 aromatic heterocycles. The maximum absolute atomic E-state index is 4.77. The number of hydrogen-bond donors (Lipinski definition) is 1. The molecular weight excluding hydrogens is 268 g/mol. The minimum atomic E-state index is 0.400. The lowest BCUT2D eigenvalue weighted by Gasteiger charge is -2.20. The second-order valence-corrected chi connectivity index (χ2v) is 7.03. The number of nitrogens with zero attached hydrogens (tertiary/aromatic N) is 3. The smallest absolute Gasteiger partial charge is 0.185 e. The van der Waals surface area contributed by atoms with Crippen LogP contribution in [-0.4, -0.2) is 50.2 Å². The molecule has 1 aliphatic rings. The molecule has 0 spiro atoms. The molecule has 4 nitrogen and oxygen atoms in total. The first kappa shape index (κ1) is 15.7. The van der Waals surface area contributed by atoms with Crippen molar-refractivity contribution < 1.29 is 0 Å². The number of likely N-dealkylation sites (tertiary alicyclic amines) is 1. The van der Waals surface area contributed by atoms with Crippen molar-refractivity contribution >= 4 is 16.5 Å². The lowest BCUT2D eigenvalue weighted by molar-refractivity contribution is 0.396. The van der Waals surface area contributed by atoms with Crippen LogP contribution in [0.4, 0.5) is 5.13 Å². The van der Waals surface area contributed by atoms with Crippen molar-refractivity contribution in [3.05, 3.63) is 10.6 Å². The van der Waals surface area contributed by atoms with Gasteiger partial charge in [-0.1, -0.05) is 6.92 Å². The zero-order valence-electron chi connectivity index (χ0n) is 13.4. The van der Waals surface area contributed by atoms with Gasteiger partial charge in [0.15, 0.2) is 5.13 Å². The van der Waals surface area contributed by atoms with Crippen LogP contribution in [0.15, 0.2) is 0 Å². The summed E-state index contributed by atoms with van der Waals surface area (Å²) in [4.78, 5) is 10.9. The average Bonchev–Trinajstić information content (AvgIpc) is 2.96. The molecule has 0 amide bonds. The van der Waals surface area contributed by atoms with E-state index in [0.29, 0.717) is 6.04 Å². The number of aromatic nitrogens is 1. The van der Waals surface area contributed by atoms with Crippen molar-refractivity contribution in [1.29, 1.82) is 0 Å². The van der Waals surface area contributed by atoms with Crippen LogP contribution in [0.25, 0.3) is 0 Å². The molecule has 1 aliphatic heterocycles. The molecule has 1 saturated heterocycles. The summed E-state index contributed by atoms with van der Waals surface area (Å²) in [6.45, 7) is 11.1. The van der Waals surface area contributed by atoms with Crippen molar-refractivity contribution in [2.45, 2.75) is 33.2 Å². The van der Waals surface area contributed by atoms with Crippen LogP contribution < -0.4 is 10.2 Å². The van der Waals surface area contributed by atoms with E-state index < -0.39 is 0 Å². The van der Waals surface area contributed by atoms with Gasteiger partial charge in [0.2, 0.25) is 0 Å². The monoisotopic (exact) mass is 296 g/mol. The third kappa shape index (κ3) is 3.71. The number of thiazole rings is 1. The first-order valence-electron chi connectivity index (χ1n) is 7.61. The van der Waals surface area contributed by atoms with Crippen molar-refractivity contribution in [2.75, 3.05) is 45.2 Å². The zero-order valence-corrected chi connectivity index (χ0v) is 14.3.